The number of aliphatic hydroxyl groups is 1. The van der Waals surface area contributed by atoms with Crippen LogP contribution in [0.4, 0.5) is 0 Å². The normalized spacial score (nSPS) is 22.0. The Balaban J connectivity index is 2.24. The van der Waals surface area contributed by atoms with Gasteiger partial charge in [-0.3, -0.25) is 10.1 Å². The summed E-state index contributed by atoms with van der Waals surface area (Å²) >= 11 is 0. The Labute approximate surface area is 142 Å². The first-order chi connectivity index (χ1) is 11.0. The number of fused-ring (bicyclic) bond motifs is 1. The van der Waals surface area contributed by atoms with Gasteiger partial charge in [0.1, 0.15) is 23.1 Å². The molecule has 1 heterocycles. The van der Waals surface area contributed by atoms with Crippen molar-refractivity contribution in [2.75, 3.05) is 6.54 Å². The van der Waals surface area contributed by atoms with E-state index in [2.05, 4.69) is 11.4 Å². The molecule has 6 nitrogen and oxygen atoms in total. The first-order valence-electron chi connectivity index (χ1n) is 7.90. The minimum atomic E-state index is -0.888. The maximum atomic E-state index is 12.0. The minimum Gasteiger partial charge on any atom is -0.485 e. The van der Waals surface area contributed by atoms with Crippen molar-refractivity contribution in [1.82, 2.24) is 5.32 Å². The van der Waals surface area contributed by atoms with Crippen LogP contribution in [0.1, 0.15) is 51.8 Å². The molecule has 0 saturated carbocycles. The van der Waals surface area contributed by atoms with E-state index in [9.17, 15) is 9.90 Å². The van der Waals surface area contributed by atoms with E-state index in [1.807, 2.05) is 0 Å². The lowest BCUT2D eigenvalue weighted by molar-refractivity contribution is -0.154. The molecule has 2 atom stereocenters. The van der Waals surface area contributed by atoms with Crippen LogP contribution in [-0.4, -0.2) is 34.9 Å². The third-order valence-corrected chi connectivity index (χ3v) is 3.76. The van der Waals surface area contributed by atoms with Gasteiger partial charge in [-0.25, -0.2) is 0 Å². The molecule has 0 radical (unpaired) electrons. The van der Waals surface area contributed by atoms with Crippen LogP contribution in [0, 0.1) is 11.3 Å². The zero-order valence-electron chi connectivity index (χ0n) is 14.7. The summed E-state index contributed by atoms with van der Waals surface area (Å²) in [4.78, 5) is 12.0. The largest absolute Gasteiger partial charge is 0.485 e. The van der Waals surface area contributed by atoms with Gasteiger partial charge in [0.05, 0.1) is 24.2 Å². The van der Waals surface area contributed by atoms with Gasteiger partial charge in [0.25, 0.3) is 0 Å². The molecular weight excluding hydrogens is 308 g/mol. The van der Waals surface area contributed by atoms with Crippen molar-refractivity contribution in [1.29, 1.82) is 5.26 Å². The Morgan fingerprint density at radius 3 is 2.71 bits per heavy atom. The zero-order valence-corrected chi connectivity index (χ0v) is 14.7. The van der Waals surface area contributed by atoms with E-state index in [0.717, 1.165) is 0 Å². The Bertz CT molecular complexity index is 671. The highest BCUT2D eigenvalue weighted by molar-refractivity contribution is 5.72. The Kier molecular flexibility index (Phi) is 4.88. The van der Waals surface area contributed by atoms with E-state index in [4.69, 9.17) is 14.7 Å². The number of benzene rings is 1. The van der Waals surface area contributed by atoms with E-state index in [0.29, 0.717) is 16.9 Å². The SMILES string of the molecule is CC(C)(C)OC(=O)CN[C@@H]1c2cc(C#N)ccc2OC(C)(C)[C@H]1O. The number of nitrogens with zero attached hydrogens (tertiary/aromatic N) is 1. The summed E-state index contributed by atoms with van der Waals surface area (Å²) in [7, 11) is 0. The van der Waals surface area contributed by atoms with Crippen LogP contribution < -0.4 is 10.1 Å². The van der Waals surface area contributed by atoms with Gasteiger partial charge in [-0.1, -0.05) is 0 Å². The third kappa shape index (κ3) is 4.05. The fraction of sp³-hybridized carbons (Fsp3) is 0.556. The first kappa shape index (κ1) is 18.2. The highest BCUT2D eigenvalue weighted by Gasteiger charge is 2.43. The predicted octanol–water partition coefficient (Wildman–Crippen LogP) is 2.06. The molecule has 0 saturated heterocycles. The summed E-state index contributed by atoms with van der Waals surface area (Å²) in [6.07, 6.45) is -0.888. The Morgan fingerprint density at radius 1 is 1.46 bits per heavy atom. The van der Waals surface area contributed by atoms with E-state index in [1.165, 1.54) is 0 Å². The predicted molar refractivity (Wildman–Crippen MR) is 88.5 cm³/mol. The smallest absolute Gasteiger partial charge is 0.320 e. The van der Waals surface area contributed by atoms with Gasteiger partial charge in [0.15, 0.2) is 0 Å². The second-order valence-corrected chi connectivity index (χ2v) is 7.46. The molecule has 0 aromatic heterocycles. The quantitative estimate of drug-likeness (QED) is 0.823. The monoisotopic (exact) mass is 332 g/mol. The fourth-order valence-corrected chi connectivity index (χ4v) is 2.66. The summed E-state index contributed by atoms with van der Waals surface area (Å²) in [5, 5.41) is 22.8. The molecule has 1 aliphatic heterocycles. The zero-order chi connectivity index (χ0) is 18.1. The highest BCUT2D eigenvalue weighted by atomic mass is 16.6. The van der Waals surface area contributed by atoms with Gasteiger partial charge >= 0.3 is 5.97 Å². The number of ether oxygens (including phenoxy) is 2. The number of carbonyl (C=O) groups excluding carboxylic acids is 1. The van der Waals surface area contributed by atoms with Crippen molar-refractivity contribution in [2.45, 2.75) is 58.0 Å². The van der Waals surface area contributed by atoms with E-state index in [1.54, 1.807) is 52.8 Å². The van der Waals surface area contributed by atoms with Crippen LogP contribution in [0.3, 0.4) is 0 Å². The Morgan fingerprint density at radius 2 is 2.12 bits per heavy atom. The third-order valence-electron chi connectivity index (χ3n) is 3.76. The maximum absolute atomic E-state index is 12.0. The molecule has 6 heteroatoms. The van der Waals surface area contributed by atoms with Gasteiger partial charge in [-0.2, -0.15) is 5.26 Å². The molecular formula is C18H24N2O4. The van der Waals surface area contributed by atoms with Gasteiger partial charge in [-0.05, 0) is 52.8 Å². The topological polar surface area (TPSA) is 91.6 Å². The summed E-state index contributed by atoms with van der Waals surface area (Å²) in [6, 6.07) is 6.58. The number of aliphatic hydroxyl groups excluding tert-OH is 1. The van der Waals surface area contributed by atoms with Crippen LogP contribution in [0.15, 0.2) is 18.2 Å². The molecule has 0 spiro atoms. The van der Waals surface area contributed by atoms with Crippen LogP contribution >= 0.6 is 0 Å². The molecule has 2 N–H and O–H groups in total. The fourth-order valence-electron chi connectivity index (χ4n) is 2.66. The number of esters is 1. The minimum absolute atomic E-state index is 0.0503. The molecule has 0 fully saturated rings. The van der Waals surface area contributed by atoms with Crippen LogP contribution in [-0.2, 0) is 9.53 Å². The van der Waals surface area contributed by atoms with Gasteiger partial charge in [0, 0.05) is 5.56 Å². The van der Waals surface area contributed by atoms with Crippen LogP contribution in [0.2, 0.25) is 0 Å². The molecule has 0 amide bonds. The number of rotatable bonds is 3. The molecule has 2 rings (SSSR count). The van der Waals surface area contributed by atoms with Crippen molar-refractivity contribution in [2.24, 2.45) is 0 Å². The van der Waals surface area contributed by atoms with Gasteiger partial charge < -0.3 is 14.6 Å². The van der Waals surface area contributed by atoms with Crippen molar-refractivity contribution in [3.63, 3.8) is 0 Å². The number of hydrogen-bond acceptors (Lipinski definition) is 6. The van der Waals surface area contributed by atoms with Crippen LogP contribution in [0.5, 0.6) is 5.75 Å². The van der Waals surface area contributed by atoms with E-state index in [-0.39, 0.29) is 6.54 Å². The Hall–Kier alpha value is -2.10. The average molecular weight is 332 g/mol. The molecule has 130 valence electrons. The average Bonchev–Trinajstić information content (AvgIpc) is 2.45. The van der Waals surface area contributed by atoms with Crippen molar-refractivity contribution < 1.29 is 19.4 Å². The van der Waals surface area contributed by atoms with E-state index < -0.39 is 29.3 Å². The molecule has 24 heavy (non-hydrogen) atoms. The van der Waals surface area contributed by atoms with Crippen molar-refractivity contribution in [3.8, 4) is 11.8 Å². The first-order valence-corrected chi connectivity index (χ1v) is 7.90. The molecule has 1 aliphatic rings. The molecule has 0 aliphatic carbocycles. The highest BCUT2D eigenvalue weighted by Crippen LogP contribution is 2.40. The number of carbonyl (C=O) groups is 1. The van der Waals surface area contributed by atoms with Gasteiger partial charge in [-0.15, -0.1) is 0 Å². The standard InChI is InChI=1S/C18H24N2O4/c1-17(2,3)24-14(21)10-20-15-12-8-11(9-19)6-7-13(12)23-18(4,5)16(15)22/h6-8,15-16,20,22H,10H2,1-5H3/t15-,16+/m1/s1. The van der Waals surface area contributed by atoms with E-state index >= 15 is 0 Å². The molecule has 1 aromatic carbocycles. The number of nitrogens with one attached hydrogen (secondary N) is 1. The number of hydrogen-bond donors (Lipinski definition) is 2. The summed E-state index contributed by atoms with van der Waals surface area (Å²) in [5.41, 5.74) is -0.275. The number of nitriles is 1. The lowest BCUT2D eigenvalue weighted by atomic mass is 9.86. The lowest BCUT2D eigenvalue weighted by Crippen LogP contribution is -2.53. The molecule has 0 unspecified atom stereocenters. The second-order valence-electron chi connectivity index (χ2n) is 7.46. The molecule has 1 aromatic rings. The van der Waals surface area contributed by atoms with Crippen molar-refractivity contribution in [3.05, 3.63) is 29.3 Å². The summed E-state index contributed by atoms with van der Waals surface area (Å²) < 4.78 is 11.1. The van der Waals surface area contributed by atoms with Gasteiger partial charge in [0.2, 0.25) is 0 Å². The summed E-state index contributed by atoms with van der Waals surface area (Å²) in [5.74, 6) is 0.183. The molecule has 0 bridgehead atoms. The second kappa shape index (κ2) is 6.42. The van der Waals surface area contributed by atoms with Crippen LogP contribution in [0.25, 0.3) is 0 Å². The lowest BCUT2D eigenvalue weighted by Gasteiger charge is -2.42. The maximum Gasteiger partial charge on any atom is 0.320 e. The van der Waals surface area contributed by atoms with Crippen molar-refractivity contribution >= 4 is 5.97 Å². The summed E-state index contributed by atoms with van der Waals surface area (Å²) in [6.45, 7) is 8.90.